The van der Waals surface area contributed by atoms with Gasteiger partial charge in [-0.3, -0.25) is 18.4 Å². The van der Waals surface area contributed by atoms with Gasteiger partial charge in [-0.25, -0.2) is 14.5 Å². The fourth-order valence-corrected chi connectivity index (χ4v) is 4.93. The molecule has 1 aromatic carbocycles. The number of aliphatic hydroxyl groups is 1. The maximum absolute atomic E-state index is 12.9. The Morgan fingerprint density at radius 2 is 2.27 bits per heavy atom. The molecule has 0 bridgehead atoms. The molecule has 5 rings (SSSR count). The summed E-state index contributed by atoms with van der Waals surface area (Å²) in [4.78, 5) is 22.4. The summed E-state index contributed by atoms with van der Waals surface area (Å²) >= 11 is 0. The Labute approximate surface area is 170 Å². The van der Waals surface area contributed by atoms with E-state index in [1.165, 1.54) is 17.2 Å². The number of H-pyrrole nitrogens is 1. The second-order valence-corrected chi connectivity index (χ2v) is 8.77. The highest BCUT2D eigenvalue weighted by atomic mass is 31.2. The van der Waals surface area contributed by atoms with Gasteiger partial charge in [0.2, 0.25) is 0 Å². The van der Waals surface area contributed by atoms with E-state index in [0.29, 0.717) is 11.4 Å². The second-order valence-electron chi connectivity index (χ2n) is 7.18. The first-order chi connectivity index (χ1) is 14.4. The molecule has 2 aliphatic heterocycles. The van der Waals surface area contributed by atoms with E-state index in [4.69, 9.17) is 18.3 Å². The topological polar surface area (TPSA) is 138 Å². The summed E-state index contributed by atoms with van der Waals surface area (Å²) in [6.07, 6.45) is 0.598. The van der Waals surface area contributed by atoms with Gasteiger partial charge in [0.05, 0.1) is 32.0 Å². The lowest BCUT2D eigenvalue weighted by Gasteiger charge is -2.26. The normalized spacial score (nSPS) is 28.4. The molecule has 158 valence electrons. The Morgan fingerprint density at radius 1 is 1.40 bits per heavy atom. The van der Waals surface area contributed by atoms with Crippen LogP contribution in [-0.2, 0) is 25.0 Å². The van der Waals surface area contributed by atoms with Crippen molar-refractivity contribution in [2.75, 3.05) is 6.61 Å². The number of aromatic nitrogens is 4. The number of ether oxygens (including phenoxy) is 1. The first kappa shape index (κ1) is 19.4. The van der Waals surface area contributed by atoms with Crippen molar-refractivity contribution in [3.8, 4) is 5.75 Å². The molecule has 0 amide bonds. The van der Waals surface area contributed by atoms with Crippen LogP contribution in [0.3, 0.4) is 0 Å². The molecule has 11 nitrogen and oxygen atoms in total. The first-order valence-electron chi connectivity index (χ1n) is 9.34. The molecule has 2 N–H and O–H groups in total. The number of rotatable bonds is 4. The third-order valence-electron chi connectivity index (χ3n) is 5.10. The van der Waals surface area contributed by atoms with Crippen molar-refractivity contribution in [1.29, 1.82) is 0 Å². The minimum atomic E-state index is -3.81. The second kappa shape index (κ2) is 7.29. The summed E-state index contributed by atoms with van der Waals surface area (Å²) in [5.74, 6) is 0.499. The van der Waals surface area contributed by atoms with Crippen molar-refractivity contribution in [2.24, 2.45) is 0 Å². The van der Waals surface area contributed by atoms with E-state index >= 15 is 0 Å². The van der Waals surface area contributed by atoms with Gasteiger partial charge in [0.15, 0.2) is 17.4 Å². The predicted molar refractivity (Wildman–Crippen MR) is 103 cm³/mol. The first-order valence-corrected chi connectivity index (χ1v) is 10.8. The lowest BCUT2D eigenvalue weighted by molar-refractivity contribution is -0.0492. The zero-order valence-electron chi connectivity index (χ0n) is 15.9. The number of nitrogens with one attached hydrogen (secondary N) is 1. The Hall–Kier alpha value is -2.56. The number of benzene rings is 1. The fourth-order valence-electron chi connectivity index (χ4n) is 3.62. The van der Waals surface area contributed by atoms with E-state index in [2.05, 4.69) is 15.0 Å². The van der Waals surface area contributed by atoms with Crippen LogP contribution in [0.15, 0.2) is 35.6 Å². The SMILES string of the molecule is Cc1cccc2c1OP(=O)(OCC1CC(O)C(n3cnc4c(=O)[nH]cnc43)O1)OC2. The number of aryl methyl sites for hydroxylation is 1. The van der Waals surface area contributed by atoms with Crippen molar-refractivity contribution >= 4 is 19.0 Å². The van der Waals surface area contributed by atoms with E-state index < -0.39 is 26.3 Å². The van der Waals surface area contributed by atoms with Gasteiger partial charge in [-0.05, 0) is 12.5 Å². The number of hydrogen-bond acceptors (Lipinski definition) is 9. The molecule has 0 aliphatic carbocycles. The predicted octanol–water partition coefficient (Wildman–Crippen LogP) is 1.81. The Balaban J connectivity index is 1.28. The zero-order chi connectivity index (χ0) is 20.9. The highest BCUT2D eigenvalue weighted by molar-refractivity contribution is 7.49. The van der Waals surface area contributed by atoms with Gasteiger partial charge in [0.25, 0.3) is 5.56 Å². The standard InChI is InChI=1S/C18H19N4O7P/c1-10-3-2-4-11-6-26-30(25,29-15(10)11)27-7-12-5-13(23)18(28-12)22-9-21-14-16(22)19-8-20-17(14)24/h2-4,8-9,12-13,18,23H,5-7H2,1H3,(H,19,20,24). The quantitative estimate of drug-likeness (QED) is 0.589. The van der Waals surface area contributed by atoms with E-state index in [0.717, 1.165) is 11.1 Å². The molecule has 4 unspecified atom stereocenters. The molecule has 1 fully saturated rings. The summed E-state index contributed by atoms with van der Waals surface area (Å²) < 4.78 is 36.5. The smallest absolute Gasteiger partial charge is 0.403 e. The maximum Gasteiger partial charge on any atom is 0.530 e. The van der Waals surface area contributed by atoms with Crippen LogP contribution in [0.1, 0.15) is 23.8 Å². The molecule has 0 saturated carbocycles. The molecule has 4 heterocycles. The lowest BCUT2D eigenvalue weighted by Crippen LogP contribution is -2.20. The third kappa shape index (κ3) is 3.34. The number of phosphoric acid groups is 1. The zero-order valence-corrected chi connectivity index (χ0v) is 16.8. The molecular formula is C18H19N4O7P. The van der Waals surface area contributed by atoms with Crippen LogP contribution < -0.4 is 10.1 Å². The number of nitrogens with zero attached hydrogens (tertiary/aromatic N) is 3. The summed E-state index contributed by atoms with van der Waals surface area (Å²) in [5, 5.41) is 10.5. The van der Waals surface area contributed by atoms with E-state index in [9.17, 15) is 14.5 Å². The number of aliphatic hydroxyl groups excluding tert-OH is 1. The number of phosphoric ester groups is 1. The molecule has 2 aliphatic rings. The van der Waals surface area contributed by atoms with Crippen LogP contribution in [-0.4, -0.2) is 43.4 Å². The molecular weight excluding hydrogens is 415 g/mol. The van der Waals surface area contributed by atoms with Crippen molar-refractivity contribution in [2.45, 2.75) is 38.4 Å². The number of imidazole rings is 1. The molecule has 0 spiro atoms. The Bertz CT molecular complexity index is 1210. The third-order valence-corrected chi connectivity index (χ3v) is 6.41. The summed E-state index contributed by atoms with van der Waals surface area (Å²) in [6.45, 7) is 1.86. The minimum Gasteiger partial charge on any atom is -0.403 e. The fraction of sp³-hybridized carbons (Fsp3) is 0.389. The highest BCUT2D eigenvalue weighted by Gasteiger charge is 2.40. The van der Waals surface area contributed by atoms with E-state index in [-0.39, 0.29) is 30.7 Å². The Morgan fingerprint density at radius 3 is 3.13 bits per heavy atom. The van der Waals surface area contributed by atoms with Crippen LogP contribution in [0.2, 0.25) is 0 Å². The van der Waals surface area contributed by atoms with Crippen molar-refractivity contribution < 1.29 is 28.0 Å². The molecule has 12 heteroatoms. The average molecular weight is 434 g/mol. The van der Waals surface area contributed by atoms with Gasteiger partial charge in [0, 0.05) is 12.0 Å². The summed E-state index contributed by atoms with van der Waals surface area (Å²) in [7, 11) is -3.81. The average Bonchev–Trinajstić information content (AvgIpc) is 3.31. The molecule has 3 aromatic rings. The van der Waals surface area contributed by atoms with Gasteiger partial charge in [-0.2, -0.15) is 0 Å². The van der Waals surface area contributed by atoms with Crippen molar-refractivity contribution in [3.05, 3.63) is 52.3 Å². The molecule has 1 saturated heterocycles. The van der Waals surface area contributed by atoms with Gasteiger partial charge in [-0.15, -0.1) is 0 Å². The Kier molecular flexibility index (Phi) is 4.72. The molecule has 0 radical (unpaired) electrons. The number of fused-ring (bicyclic) bond motifs is 2. The minimum absolute atomic E-state index is 0.104. The monoisotopic (exact) mass is 434 g/mol. The van der Waals surface area contributed by atoms with Gasteiger partial charge in [0.1, 0.15) is 11.9 Å². The maximum atomic E-state index is 12.9. The largest absolute Gasteiger partial charge is 0.530 e. The van der Waals surface area contributed by atoms with Crippen LogP contribution in [0.25, 0.3) is 11.2 Å². The molecule has 2 aromatic heterocycles. The summed E-state index contributed by atoms with van der Waals surface area (Å²) in [5.41, 5.74) is 1.69. The number of aromatic amines is 1. The highest BCUT2D eigenvalue weighted by Crippen LogP contribution is 2.55. The number of para-hydroxylation sites is 1. The van der Waals surface area contributed by atoms with Gasteiger partial charge in [-0.1, -0.05) is 18.2 Å². The van der Waals surface area contributed by atoms with E-state index in [1.54, 1.807) is 0 Å². The number of hydrogen-bond donors (Lipinski definition) is 2. The lowest BCUT2D eigenvalue weighted by atomic mass is 10.1. The van der Waals surface area contributed by atoms with E-state index in [1.807, 2.05) is 25.1 Å². The van der Waals surface area contributed by atoms with Crippen molar-refractivity contribution in [3.63, 3.8) is 0 Å². The van der Waals surface area contributed by atoms with Crippen LogP contribution in [0.4, 0.5) is 0 Å². The van der Waals surface area contributed by atoms with Crippen LogP contribution in [0.5, 0.6) is 5.75 Å². The summed E-state index contributed by atoms with van der Waals surface area (Å²) in [6, 6.07) is 5.56. The van der Waals surface area contributed by atoms with Crippen molar-refractivity contribution in [1.82, 2.24) is 19.5 Å². The van der Waals surface area contributed by atoms with Crippen LogP contribution in [0, 0.1) is 6.92 Å². The molecule has 30 heavy (non-hydrogen) atoms. The van der Waals surface area contributed by atoms with Gasteiger partial charge >= 0.3 is 7.82 Å². The van der Waals surface area contributed by atoms with Gasteiger partial charge < -0.3 is 19.4 Å². The van der Waals surface area contributed by atoms with Crippen LogP contribution >= 0.6 is 7.82 Å². The molecule has 4 atom stereocenters.